The molecule has 0 spiro atoms. The maximum atomic E-state index is 6.19. The van der Waals surface area contributed by atoms with E-state index in [1.807, 2.05) is 37.3 Å². The maximum absolute atomic E-state index is 6.19. The minimum atomic E-state index is 0.391. The third kappa shape index (κ3) is 5.11. The summed E-state index contributed by atoms with van der Waals surface area (Å²) in [6.45, 7) is 2.40. The average Bonchev–Trinajstić information content (AvgIpc) is 2.56. The second-order valence-electron chi connectivity index (χ2n) is 4.66. The average molecular weight is 364 g/mol. The van der Waals surface area contributed by atoms with Crippen LogP contribution in [0.15, 0.2) is 47.6 Å². The molecule has 0 amide bonds. The SMILES string of the molecule is CCOc1cc(/C=N/NC(=S)Nc2ccccc2)cc(Cl)c1OC. The largest absolute Gasteiger partial charge is 0.491 e. The zero-order valence-electron chi connectivity index (χ0n) is 13.4. The summed E-state index contributed by atoms with van der Waals surface area (Å²) in [6.07, 6.45) is 1.60. The van der Waals surface area contributed by atoms with Crippen molar-refractivity contribution in [3.05, 3.63) is 53.1 Å². The van der Waals surface area contributed by atoms with Gasteiger partial charge in [0.1, 0.15) is 0 Å². The fraction of sp³-hybridized carbons (Fsp3) is 0.176. The summed E-state index contributed by atoms with van der Waals surface area (Å²) >= 11 is 11.4. The van der Waals surface area contributed by atoms with E-state index in [0.717, 1.165) is 11.3 Å². The lowest BCUT2D eigenvalue weighted by atomic mass is 10.2. The fourth-order valence-corrected chi connectivity index (χ4v) is 2.44. The highest BCUT2D eigenvalue weighted by molar-refractivity contribution is 7.80. The predicted octanol–water partition coefficient (Wildman–Crippen LogP) is 4.07. The number of anilines is 1. The molecule has 0 heterocycles. The van der Waals surface area contributed by atoms with Crippen molar-refractivity contribution in [2.24, 2.45) is 5.10 Å². The monoisotopic (exact) mass is 363 g/mol. The number of hydrogen-bond acceptors (Lipinski definition) is 4. The molecule has 2 rings (SSSR count). The molecular weight excluding hydrogens is 346 g/mol. The number of nitrogens with zero attached hydrogens (tertiary/aromatic N) is 1. The van der Waals surface area contributed by atoms with Crippen LogP contribution in [-0.2, 0) is 0 Å². The van der Waals surface area contributed by atoms with Crippen LogP contribution in [0.25, 0.3) is 0 Å². The summed E-state index contributed by atoms with van der Waals surface area (Å²) in [5.74, 6) is 1.07. The van der Waals surface area contributed by atoms with Crippen LogP contribution >= 0.6 is 23.8 Å². The van der Waals surface area contributed by atoms with Crippen LogP contribution in [0, 0.1) is 0 Å². The number of rotatable bonds is 6. The van der Waals surface area contributed by atoms with E-state index in [1.165, 1.54) is 0 Å². The highest BCUT2D eigenvalue weighted by atomic mass is 35.5. The molecule has 0 bridgehead atoms. The molecule has 0 aliphatic heterocycles. The van der Waals surface area contributed by atoms with Gasteiger partial charge in [-0.3, -0.25) is 5.43 Å². The van der Waals surface area contributed by atoms with E-state index in [4.69, 9.17) is 33.3 Å². The molecule has 0 saturated carbocycles. The second kappa shape index (κ2) is 9.10. The zero-order chi connectivity index (χ0) is 17.4. The zero-order valence-corrected chi connectivity index (χ0v) is 14.9. The molecule has 2 N–H and O–H groups in total. The van der Waals surface area contributed by atoms with Crippen LogP contribution in [0.4, 0.5) is 5.69 Å². The number of methoxy groups -OCH3 is 1. The molecule has 2 aromatic carbocycles. The topological polar surface area (TPSA) is 54.9 Å². The first kappa shape index (κ1) is 18.0. The molecule has 24 heavy (non-hydrogen) atoms. The quantitative estimate of drug-likeness (QED) is 0.460. The van der Waals surface area contributed by atoms with E-state index in [0.29, 0.717) is 28.2 Å². The first-order valence-corrected chi connectivity index (χ1v) is 8.08. The van der Waals surface area contributed by atoms with Crippen molar-refractivity contribution >= 4 is 40.8 Å². The number of nitrogens with one attached hydrogen (secondary N) is 2. The maximum Gasteiger partial charge on any atom is 0.191 e. The second-order valence-corrected chi connectivity index (χ2v) is 5.47. The molecule has 7 heteroatoms. The van der Waals surface area contributed by atoms with Gasteiger partial charge in [-0.25, -0.2) is 0 Å². The Morgan fingerprint density at radius 3 is 2.71 bits per heavy atom. The van der Waals surface area contributed by atoms with Crippen LogP contribution in [-0.4, -0.2) is 25.0 Å². The van der Waals surface area contributed by atoms with Crippen molar-refractivity contribution in [3.63, 3.8) is 0 Å². The number of benzene rings is 2. The molecule has 0 fully saturated rings. The predicted molar refractivity (Wildman–Crippen MR) is 103 cm³/mol. The molecule has 5 nitrogen and oxygen atoms in total. The fourth-order valence-electron chi connectivity index (χ4n) is 1.97. The standard InChI is InChI=1S/C17H18ClN3O2S/c1-3-23-15-10-12(9-14(18)16(15)22-2)11-19-21-17(24)20-13-7-5-4-6-8-13/h4-11H,3H2,1-2H3,(H2,20,21,24)/b19-11+. The van der Waals surface area contributed by atoms with Crippen LogP contribution in [0.2, 0.25) is 5.02 Å². The van der Waals surface area contributed by atoms with Gasteiger partial charge in [0.25, 0.3) is 0 Å². The van der Waals surface area contributed by atoms with Crippen molar-refractivity contribution in [2.45, 2.75) is 6.92 Å². The Morgan fingerprint density at radius 1 is 1.29 bits per heavy atom. The van der Waals surface area contributed by atoms with Crippen LogP contribution in [0.1, 0.15) is 12.5 Å². The first-order valence-electron chi connectivity index (χ1n) is 7.29. The Kier molecular flexibility index (Phi) is 6.84. The summed E-state index contributed by atoms with van der Waals surface area (Å²) < 4.78 is 10.8. The molecule has 0 unspecified atom stereocenters. The van der Waals surface area contributed by atoms with Gasteiger partial charge in [0.05, 0.1) is 25.0 Å². The first-order chi connectivity index (χ1) is 11.6. The molecule has 2 aromatic rings. The Balaban J connectivity index is 2.02. The molecule has 0 aromatic heterocycles. The number of para-hydroxylation sites is 1. The van der Waals surface area contributed by atoms with Crippen molar-refractivity contribution in [3.8, 4) is 11.5 Å². The number of ether oxygens (including phenoxy) is 2. The van der Waals surface area contributed by atoms with E-state index < -0.39 is 0 Å². The molecule has 0 radical (unpaired) electrons. The highest BCUT2D eigenvalue weighted by Crippen LogP contribution is 2.35. The molecule has 0 saturated heterocycles. The van der Waals surface area contributed by atoms with Crippen LogP contribution in [0.3, 0.4) is 0 Å². The summed E-state index contributed by atoms with van der Waals surface area (Å²) in [4.78, 5) is 0. The minimum Gasteiger partial charge on any atom is -0.491 e. The van der Waals surface area contributed by atoms with Gasteiger partial charge in [0.2, 0.25) is 0 Å². The highest BCUT2D eigenvalue weighted by Gasteiger charge is 2.10. The summed E-state index contributed by atoms with van der Waals surface area (Å²) in [5, 5.41) is 7.97. The van der Waals surface area contributed by atoms with Crippen molar-refractivity contribution < 1.29 is 9.47 Å². The molecule has 0 atom stereocenters. The van der Waals surface area contributed by atoms with E-state index >= 15 is 0 Å². The van der Waals surface area contributed by atoms with Gasteiger partial charge < -0.3 is 14.8 Å². The van der Waals surface area contributed by atoms with Crippen LogP contribution in [0.5, 0.6) is 11.5 Å². The Labute approximate surface area is 151 Å². The summed E-state index contributed by atoms with van der Waals surface area (Å²) in [6, 6.07) is 13.1. The lowest BCUT2D eigenvalue weighted by Crippen LogP contribution is -2.23. The Hall–Kier alpha value is -2.31. The lowest BCUT2D eigenvalue weighted by molar-refractivity contribution is 0.311. The van der Waals surface area contributed by atoms with Crippen molar-refractivity contribution in [2.75, 3.05) is 19.0 Å². The third-order valence-corrected chi connectivity index (χ3v) is 3.42. The van der Waals surface area contributed by atoms with Gasteiger partial charge in [-0.2, -0.15) is 5.10 Å². The molecule has 0 aliphatic carbocycles. The van der Waals surface area contributed by atoms with Gasteiger partial charge in [-0.1, -0.05) is 29.8 Å². The number of hydrogen-bond donors (Lipinski definition) is 2. The van der Waals surface area contributed by atoms with E-state index in [-0.39, 0.29) is 0 Å². The van der Waals surface area contributed by atoms with Crippen molar-refractivity contribution in [1.82, 2.24) is 5.43 Å². The minimum absolute atomic E-state index is 0.391. The molecule has 0 aliphatic rings. The van der Waals surface area contributed by atoms with E-state index in [9.17, 15) is 0 Å². The normalized spacial score (nSPS) is 10.5. The smallest absolute Gasteiger partial charge is 0.191 e. The lowest BCUT2D eigenvalue weighted by Gasteiger charge is -2.11. The summed E-state index contributed by atoms with van der Waals surface area (Å²) in [7, 11) is 1.55. The van der Waals surface area contributed by atoms with Gasteiger partial charge in [-0.15, -0.1) is 0 Å². The van der Waals surface area contributed by atoms with Crippen molar-refractivity contribution in [1.29, 1.82) is 0 Å². The van der Waals surface area contributed by atoms with Crippen LogP contribution < -0.4 is 20.2 Å². The van der Waals surface area contributed by atoms with E-state index in [2.05, 4.69) is 15.8 Å². The van der Waals surface area contributed by atoms with Gasteiger partial charge >= 0.3 is 0 Å². The third-order valence-electron chi connectivity index (χ3n) is 2.95. The number of hydrazone groups is 1. The molecular formula is C17H18ClN3O2S. The summed E-state index contributed by atoms with van der Waals surface area (Å²) in [5.41, 5.74) is 4.40. The van der Waals surface area contributed by atoms with Gasteiger partial charge in [0.15, 0.2) is 16.6 Å². The Morgan fingerprint density at radius 2 is 2.04 bits per heavy atom. The number of thiocarbonyl (C=S) groups is 1. The van der Waals surface area contributed by atoms with Gasteiger partial charge in [0, 0.05) is 5.69 Å². The van der Waals surface area contributed by atoms with Gasteiger partial charge in [-0.05, 0) is 49.0 Å². The van der Waals surface area contributed by atoms with E-state index in [1.54, 1.807) is 25.5 Å². The Bertz CT molecular complexity index is 723. The number of halogens is 1. The molecule has 126 valence electrons.